The van der Waals surface area contributed by atoms with Gasteiger partial charge in [0.15, 0.2) is 10.8 Å². The molecule has 0 aliphatic carbocycles. The summed E-state index contributed by atoms with van der Waals surface area (Å²) in [6.45, 7) is 0. The van der Waals surface area contributed by atoms with Crippen LogP contribution in [-0.4, -0.2) is 34.5 Å². The highest BCUT2D eigenvalue weighted by molar-refractivity contribution is 6.46. The van der Waals surface area contributed by atoms with E-state index in [0.717, 1.165) is 0 Å². The van der Waals surface area contributed by atoms with Crippen LogP contribution in [0.5, 0.6) is 11.5 Å². The Morgan fingerprint density at radius 2 is 2.04 bits per heavy atom. The van der Waals surface area contributed by atoms with Crippen molar-refractivity contribution in [3.05, 3.63) is 44.7 Å². The summed E-state index contributed by atoms with van der Waals surface area (Å²) in [5, 5.41) is 22.1. The van der Waals surface area contributed by atoms with Gasteiger partial charge in [-0.15, -0.1) is 0 Å². The molecule has 1 aromatic heterocycles. The molecule has 0 fully saturated rings. The van der Waals surface area contributed by atoms with E-state index in [1.165, 1.54) is 19.4 Å². The number of hydrogen-bond acceptors (Lipinski definition) is 6. The normalized spacial score (nSPS) is 10.8. The third kappa shape index (κ3) is 3.81. The van der Waals surface area contributed by atoms with Gasteiger partial charge in [-0.25, -0.2) is 9.78 Å². The first-order chi connectivity index (χ1) is 11.3. The lowest BCUT2D eigenvalue weighted by Gasteiger charge is -2.09. The number of carboxylic acid groups (broad SMARTS) is 1. The Labute approximate surface area is 151 Å². The van der Waals surface area contributed by atoms with Crippen LogP contribution in [-0.2, 0) is 0 Å². The number of methoxy groups -OCH3 is 1. The summed E-state index contributed by atoms with van der Waals surface area (Å²) in [7, 11) is 1.48. The highest BCUT2D eigenvalue weighted by atomic mass is 35.5. The minimum atomic E-state index is -1.36. The number of aromatic carboxylic acids is 1. The number of carbonyl (C=O) groups is 1. The maximum absolute atomic E-state index is 11.1. The van der Waals surface area contributed by atoms with E-state index in [4.69, 9.17) is 44.6 Å². The van der Waals surface area contributed by atoms with Gasteiger partial charge in [0, 0.05) is 5.56 Å². The molecule has 0 spiro atoms. The van der Waals surface area contributed by atoms with Crippen molar-refractivity contribution in [3.8, 4) is 11.5 Å². The zero-order valence-electron chi connectivity index (χ0n) is 12.0. The van der Waals surface area contributed by atoms with Gasteiger partial charge in [0.1, 0.15) is 21.5 Å². The van der Waals surface area contributed by atoms with Crippen LogP contribution < -0.4 is 10.2 Å². The van der Waals surface area contributed by atoms with Gasteiger partial charge in [0.25, 0.3) is 0 Å². The van der Waals surface area contributed by atoms with Gasteiger partial charge in [-0.05, 0) is 18.2 Å². The van der Waals surface area contributed by atoms with Crippen molar-refractivity contribution in [2.45, 2.75) is 0 Å². The maximum Gasteiger partial charge on any atom is 0.356 e. The third-order valence-corrected chi connectivity index (χ3v) is 3.96. The number of ether oxygens (including phenoxy) is 1. The lowest BCUT2D eigenvalue weighted by Crippen LogP contribution is -2.05. The van der Waals surface area contributed by atoms with Crippen LogP contribution in [0.3, 0.4) is 0 Å². The molecule has 3 N–H and O–H groups in total. The van der Waals surface area contributed by atoms with E-state index in [-0.39, 0.29) is 26.6 Å². The number of pyridine rings is 1. The number of carboxylic acids is 1. The first-order valence-electron chi connectivity index (χ1n) is 6.29. The highest BCUT2D eigenvalue weighted by Gasteiger charge is 2.20. The number of hydrazone groups is 1. The van der Waals surface area contributed by atoms with Crippen LogP contribution in [0.2, 0.25) is 15.2 Å². The Bertz CT molecular complexity index is 827. The smallest absolute Gasteiger partial charge is 0.356 e. The second kappa shape index (κ2) is 7.57. The van der Waals surface area contributed by atoms with Crippen molar-refractivity contribution in [1.82, 2.24) is 4.98 Å². The van der Waals surface area contributed by atoms with Gasteiger partial charge in [0.2, 0.25) is 0 Å². The molecule has 0 saturated heterocycles. The van der Waals surface area contributed by atoms with E-state index in [1.54, 1.807) is 12.1 Å². The highest BCUT2D eigenvalue weighted by Crippen LogP contribution is 2.36. The first-order valence-corrected chi connectivity index (χ1v) is 7.42. The predicted molar refractivity (Wildman–Crippen MR) is 92.1 cm³/mol. The average Bonchev–Trinajstić information content (AvgIpc) is 2.55. The standard InChI is InChI=1S/C14H10Cl3N3O4/c1-24-7-2-3-8(21)6(4-7)5-18-20-11-9(15)12(14(22)23)19-13(17)10(11)16/h2-5,21H,1H3,(H,19,20)(H,22,23)/b18-5+. The summed E-state index contributed by atoms with van der Waals surface area (Å²) in [4.78, 5) is 14.7. The van der Waals surface area contributed by atoms with Gasteiger partial charge in [-0.2, -0.15) is 5.10 Å². The molecule has 0 radical (unpaired) electrons. The summed E-state index contributed by atoms with van der Waals surface area (Å²) in [6, 6.07) is 4.56. The Kier molecular flexibility index (Phi) is 5.71. The summed E-state index contributed by atoms with van der Waals surface area (Å²) >= 11 is 17.7. The van der Waals surface area contributed by atoms with Crippen LogP contribution in [0.4, 0.5) is 5.69 Å². The van der Waals surface area contributed by atoms with E-state index in [9.17, 15) is 9.90 Å². The Morgan fingerprint density at radius 3 is 2.67 bits per heavy atom. The Hall–Kier alpha value is -2.22. The van der Waals surface area contributed by atoms with E-state index in [1.807, 2.05) is 0 Å². The van der Waals surface area contributed by atoms with Crippen LogP contribution >= 0.6 is 34.8 Å². The second-order valence-electron chi connectivity index (χ2n) is 4.35. The third-order valence-electron chi connectivity index (χ3n) is 2.86. The van der Waals surface area contributed by atoms with Crippen molar-refractivity contribution in [2.75, 3.05) is 12.5 Å². The number of anilines is 1. The monoisotopic (exact) mass is 389 g/mol. The SMILES string of the molecule is COc1ccc(O)c(/C=N/Nc2c(Cl)c(Cl)nc(C(=O)O)c2Cl)c1. The quantitative estimate of drug-likeness (QED) is 0.406. The zero-order chi connectivity index (χ0) is 17.9. The second-order valence-corrected chi connectivity index (χ2v) is 5.47. The van der Waals surface area contributed by atoms with Gasteiger partial charge in [0.05, 0.1) is 19.0 Å². The topological polar surface area (TPSA) is 104 Å². The summed E-state index contributed by atoms with van der Waals surface area (Å²) in [5.74, 6) is -0.876. The Morgan fingerprint density at radius 1 is 1.33 bits per heavy atom. The molecular formula is C14H10Cl3N3O4. The molecule has 0 aliphatic rings. The number of halogens is 3. The molecule has 0 amide bonds. The fraction of sp³-hybridized carbons (Fsp3) is 0.0714. The van der Waals surface area contributed by atoms with E-state index in [2.05, 4.69) is 15.5 Å². The number of aromatic nitrogens is 1. The molecule has 0 unspecified atom stereocenters. The maximum atomic E-state index is 11.1. The van der Waals surface area contributed by atoms with E-state index >= 15 is 0 Å². The number of nitrogens with zero attached hydrogens (tertiary/aromatic N) is 2. The molecule has 2 aromatic rings. The molecular weight excluding hydrogens is 381 g/mol. The lowest BCUT2D eigenvalue weighted by atomic mass is 10.2. The molecule has 126 valence electrons. The van der Waals surface area contributed by atoms with E-state index in [0.29, 0.717) is 11.3 Å². The average molecular weight is 391 g/mol. The van der Waals surface area contributed by atoms with Crippen molar-refractivity contribution in [2.24, 2.45) is 5.10 Å². The molecule has 2 rings (SSSR count). The molecule has 0 aliphatic heterocycles. The molecule has 24 heavy (non-hydrogen) atoms. The van der Waals surface area contributed by atoms with Crippen molar-refractivity contribution >= 4 is 52.7 Å². The number of nitrogens with one attached hydrogen (secondary N) is 1. The van der Waals surface area contributed by atoms with Gasteiger partial charge < -0.3 is 14.9 Å². The largest absolute Gasteiger partial charge is 0.507 e. The summed E-state index contributed by atoms with van der Waals surface area (Å²) < 4.78 is 5.04. The zero-order valence-corrected chi connectivity index (χ0v) is 14.3. The van der Waals surface area contributed by atoms with E-state index < -0.39 is 11.7 Å². The molecule has 0 atom stereocenters. The molecule has 0 saturated carbocycles. The van der Waals surface area contributed by atoms with Gasteiger partial charge in [-0.3, -0.25) is 5.43 Å². The number of aromatic hydroxyl groups is 1. The lowest BCUT2D eigenvalue weighted by molar-refractivity contribution is 0.0691. The van der Waals surface area contributed by atoms with Gasteiger partial charge in [-0.1, -0.05) is 34.8 Å². The predicted octanol–water partition coefficient (Wildman–Crippen LogP) is 3.90. The number of phenols is 1. The van der Waals surface area contributed by atoms with Crippen molar-refractivity contribution < 1.29 is 19.7 Å². The van der Waals surface area contributed by atoms with Crippen LogP contribution in [0.1, 0.15) is 16.1 Å². The fourth-order valence-electron chi connectivity index (χ4n) is 1.68. The molecule has 1 heterocycles. The minimum absolute atomic E-state index is 0.0191. The van der Waals surface area contributed by atoms with Crippen molar-refractivity contribution in [1.29, 1.82) is 0 Å². The Balaban J connectivity index is 2.34. The fourth-order valence-corrected chi connectivity index (χ4v) is 2.35. The van der Waals surface area contributed by atoms with Gasteiger partial charge >= 0.3 is 5.97 Å². The van der Waals surface area contributed by atoms with Crippen LogP contribution in [0.25, 0.3) is 0 Å². The number of rotatable bonds is 5. The molecule has 0 bridgehead atoms. The minimum Gasteiger partial charge on any atom is -0.507 e. The van der Waals surface area contributed by atoms with Crippen molar-refractivity contribution in [3.63, 3.8) is 0 Å². The number of phenolic OH excluding ortho intramolecular Hbond substituents is 1. The molecule has 1 aromatic carbocycles. The van der Waals surface area contributed by atoms with Crippen LogP contribution in [0, 0.1) is 0 Å². The number of benzene rings is 1. The molecule has 10 heteroatoms. The summed E-state index contributed by atoms with van der Waals surface area (Å²) in [6.07, 6.45) is 1.28. The first kappa shape index (κ1) is 18.1. The summed E-state index contributed by atoms with van der Waals surface area (Å²) in [5.41, 5.74) is 2.37. The van der Waals surface area contributed by atoms with Crippen LogP contribution in [0.15, 0.2) is 23.3 Å². The number of hydrogen-bond donors (Lipinski definition) is 3. The molecule has 7 nitrogen and oxygen atoms in total.